The summed E-state index contributed by atoms with van der Waals surface area (Å²) in [4.78, 5) is 38.6. The highest BCUT2D eigenvalue weighted by Crippen LogP contribution is 2.27. The van der Waals surface area contributed by atoms with Crippen molar-refractivity contribution in [2.45, 2.75) is 6.92 Å². The Balaban J connectivity index is 1.81. The van der Waals surface area contributed by atoms with Gasteiger partial charge in [-0.15, -0.1) is 0 Å². The number of nitrogens with one attached hydrogen (secondary N) is 1. The van der Waals surface area contributed by atoms with Crippen molar-refractivity contribution in [3.8, 4) is 0 Å². The summed E-state index contributed by atoms with van der Waals surface area (Å²) in [6, 6.07) is 17.3. The molecule has 3 aromatic rings. The van der Waals surface area contributed by atoms with Crippen molar-refractivity contribution >= 4 is 52.0 Å². The number of benzene rings is 3. The van der Waals surface area contributed by atoms with Crippen molar-refractivity contribution in [2.75, 3.05) is 4.90 Å². The van der Waals surface area contributed by atoms with Crippen LogP contribution in [0.3, 0.4) is 0 Å². The number of hydrogen-bond acceptors (Lipinski definition) is 3. The SMILES string of the molecule is Cc1ccc(N2C(=O)NC(=O)C(=Cc3cccc4ccccc34)C2=O)cc1Cl. The first-order valence-electron chi connectivity index (χ1n) is 8.61. The molecule has 4 rings (SSSR count). The highest BCUT2D eigenvalue weighted by molar-refractivity contribution is 6.39. The van der Waals surface area contributed by atoms with E-state index in [2.05, 4.69) is 5.32 Å². The maximum absolute atomic E-state index is 13.0. The predicted octanol–water partition coefficient (Wildman–Crippen LogP) is 4.47. The molecule has 0 aliphatic carbocycles. The van der Waals surface area contributed by atoms with Crippen LogP contribution in [0.4, 0.5) is 10.5 Å². The fourth-order valence-electron chi connectivity index (χ4n) is 3.14. The normalized spacial score (nSPS) is 16.0. The topological polar surface area (TPSA) is 66.5 Å². The van der Waals surface area contributed by atoms with Crippen LogP contribution >= 0.6 is 11.6 Å². The van der Waals surface area contributed by atoms with Gasteiger partial charge in [-0.05, 0) is 47.0 Å². The Kier molecular flexibility index (Phi) is 4.45. The molecule has 1 heterocycles. The van der Waals surface area contributed by atoms with Gasteiger partial charge in [-0.1, -0.05) is 60.1 Å². The Morgan fingerprint density at radius 1 is 0.964 bits per heavy atom. The minimum atomic E-state index is -0.801. The summed E-state index contributed by atoms with van der Waals surface area (Å²) < 4.78 is 0. The average molecular weight is 391 g/mol. The second-order valence-corrected chi connectivity index (χ2v) is 6.87. The lowest BCUT2D eigenvalue weighted by molar-refractivity contribution is -0.122. The molecule has 6 heteroatoms. The lowest BCUT2D eigenvalue weighted by atomic mass is 10.0. The first-order chi connectivity index (χ1) is 13.5. The van der Waals surface area contributed by atoms with E-state index in [0.29, 0.717) is 16.3 Å². The Labute approximate surface area is 166 Å². The summed E-state index contributed by atoms with van der Waals surface area (Å²) in [5, 5.41) is 4.54. The molecule has 0 unspecified atom stereocenters. The van der Waals surface area contributed by atoms with Crippen molar-refractivity contribution < 1.29 is 14.4 Å². The van der Waals surface area contributed by atoms with Gasteiger partial charge in [0.25, 0.3) is 11.8 Å². The van der Waals surface area contributed by atoms with E-state index >= 15 is 0 Å². The molecule has 28 heavy (non-hydrogen) atoms. The van der Waals surface area contributed by atoms with E-state index in [-0.39, 0.29) is 5.57 Å². The molecule has 0 bridgehead atoms. The summed E-state index contributed by atoms with van der Waals surface area (Å²) in [7, 11) is 0. The molecule has 1 fully saturated rings. The Bertz CT molecular complexity index is 1180. The molecule has 0 aromatic heterocycles. The van der Waals surface area contributed by atoms with Crippen molar-refractivity contribution in [2.24, 2.45) is 0 Å². The fourth-order valence-corrected chi connectivity index (χ4v) is 3.32. The molecule has 0 radical (unpaired) electrons. The number of aryl methyl sites for hydroxylation is 1. The summed E-state index contributed by atoms with van der Waals surface area (Å²) in [6.45, 7) is 1.82. The number of imide groups is 2. The van der Waals surface area contributed by atoms with Crippen molar-refractivity contribution in [3.63, 3.8) is 0 Å². The van der Waals surface area contributed by atoms with E-state index in [9.17, 15) is 14.4 Å². The summed E-state index contributed by atoms with van der Waals surface area (Å²) in [6.07, 6.45) is 1.51. The molecular formula is C22H15ClN2O3. The third-order valence-electron chi connectivity index (χ3n) is 4.64. The predicted molar refractivity (Wildman–Crippen MR) is 109 cm³/mol. The van der Waals surface area contributed by atoms with E-state index in [0.717, 1.165) is 21.2 Å². The summed E-state index contributed by atoms with van der Waals surface area (Å²) in [5.41, 5.74) is 1.72. The third kappa shape index (κ3) is 3.06. The molecule has 1 saturated heterocycles. The number of halogens is 1. The molecule has 5 nitrogen and oxygen atoms in total. The van der Waals surface area contributed by atoms with Gasteiger partial charge in [0.05, 0.1) is 5.69 Å². The minimum absolute atomic E-state index is 0.118. The number of nitrogens with zero attached hydrogens (tertiary/aromatic N) is 1. The van der Waals surface area contributed by atoms with E-state index < -0.39 is 17.8 Å². The molecule has 3 aromatic carbocycles. The number of carbonyl (C=O) groups excluding carboxylic acids is 3. The Morgan fingerprint density at radius 2 is 1.71 bits per heavy atom. The van der Waals surface area contributed by atoms with Crippen LogP contribution in [0.5, 0.6) is 0 Å². The van der Waals surface area contributed by atoms with Gasteiger partial charge in [-0.3, -0.25) is 14.9 Å². The second-order valence-electron chi connectivity index (χ2n) is 6.46. The zero-order valence-corrected chi connectivity index (χ0v) is 15.7. The van der Waals surface area contributed by atoms with Gasteiger partial charge in [0.15, 0.2) is 0 Å². The minimum Gasteiger partial charge on any atom is -0.273 e. The standard InChI is InChI=1S/C22H15ClN2O3/c1-13-9-10-16(12-19(13)23)25-21(27)18(20(26)24-22(25)28)11-15-7-4-6-14-5-2-3-8-17(14)15/h2-12H,1H3,(H,24,26,28). The van der Waals surface area contributed by atoms with Crippen LogP contribution in [-0.4, -0.2) is 17.8 Å². The quantitative estimate of drug-likeness (QED) is 0.518. The van der Waals surface area contributed by atoms with Crippen LogP contribution in [0.1, 0.15) is 11.1 Å². The molecule has 138 valence electrons. The molecule has 0 spiro atoms. The highest BCUT2D eigenvalue weighted by Gasteiger charge is 2.37. The lowest BCUT2D eigenvalue weighted by Crippen LogP contribution is -2.54. The van der Waals surface area contributed by atoms with Crippen LogP contribution in [0.25, 0.3) is 16.8 Å². The molecule has 1 aliphatic rings. The van der Waals surface area contributed by atoms with Crippen LogP contribution in [0, 0.1) is 6.92 Å². The van der Waals surface area contributed by atoms with Crippen LogP contribution < -0.4 is 10.2 Å². The van der Waals surface area contributed by atoms with Crippen molar-refractivity contribution in [1.82, 2.24) is 5.32 Å². The maximum Gasteiger partial charge on any atom is 0.335 e. The van der Waals surface area contributed by atoms with Crippen LogP contribution in [0.15, 0.2) is 66.2 Å². The summed E-state index contributed by atoms with van der Waals surface area (Å²) in [5.74, 6) is -1.42. The number of urea groups is 1. The van der Waals surface area contributed by atoms with Gasteiger partial charge in [0.1, 0.15) is 5.57 Å². The number of amides is 4. The number of anilines is 1. The monoisotopic (exact) mass is 390 g/mol. The van der Waals surface area contributed by atoms with E-state index in [4.69, 9.17) is 11.6 Å². The summed E-state index contributed by atoms with van der Waals surface area (Å²) >= 11 is 6.14. The number of hydrogen-bond donors (Lipinski definition) is 1. The van der Waals surface area contributed by atoms with Crippen molar-refractivity contribution in [1.29, 1.82) is 0 Å². The third-order valence-corrected chi connectivity index (χ3v) is 5.05. The molecule has 0 saturated carbocycles. The van der Waals surface area contributed by atoms with Crippen LogP contribution in [-0.2, 0) is 9.59 Å². The molecule has 1 aliphatic heterocycles. The average Bonchev–Trinajstić information content (AvgIpc) is 2.68. The van der Waals surface area contributed by atoms with Crippen molar-refractivity contribution in [3.05, 3.63) is 82.4 Å². The van der Waals surface area contributed by atoms with E-state index in [1.54, 1.807) is 12.1 Å². The van der Waals surface area contributed by atoms with E-state index in [1.165, 1.54) is 12.1 Å². The zero-order chi connectivity index (χ0) is 19.8. The highest BCUT2D eigenvalue weighted by atomic mass is 35.5. The first-order valence-corrected chi connectivity index (χ1v) is 8.99. The van der Waals surface area contributed by atoms with Gasteiger partial charge in [-0.25, -0.2) is 9.69 Å². The Hall–Kier alpha value is -3.44. The molecular weight excluding hydrogens is 376 g/mol. The molecule has 4 amide bonds. The maximum atomic E-state index is 13.0. The van der Waals surface area contributed by atoms with Gasteiger partial charge in [0.2, 0.25) is 0 Å². The number of barbiturate groups is 1. The second kappa shape index (κ2) is 6.94. The number of fused-ring (bicyclic) bond motifs is 1. The number of rotatable bonds is 2. The number of carbonyl (C=O) groups is 3. The fraction of sp³-hybridized carbons (Fsp3) is 0.0455. The lowest BCUT2D eigenvalue weighted by Gasteiger charge is -2.26. The zero-order valence-electron chi connectivity index (χ0n) is 14.9. The van der Waals surface area contributed by atoms with Gasteiger partial charge in [0, 0.05) is 5.02 Å². The smallest absolute Gasteiger partial charge is 0.273 e. The van der Waals surface area contributed by atoms with Gasteiger partial charge < -0.3 is 0 Å². The largest absolute Gasteiger partial charge is 0.335 e. The Morgan fingerprint density at radius 3 is 2.50 bits per heavy atom. The van der Waals surface area contributed by atoms with E-state index in [1.807, 2.05) is 49.4 Å². The molecule has 0 atom stereocenters. The van der Waals surface area contributed by atoms with Gasteiger partial charge >= 0.3 is 6.03 Å². The van der Waals surface area contributed by atoms with Crippen LogP contribution in [0.2, 0.25) is 5.02 Å². The first kappa shape index (κ1) is 17.9. The molecule has 1 N–H and O–H groups in total. The van der Waals surface area contributed by atoms with Gasteiger partial charge in [-0.2, -0.15) is 0 Å².